The van der Waals surface area contributed by atoms with Gasteiger partial charge in [-0.3, -0.25) is 4.90 Å². The van der Waals surface area contributed by atoms with Crippen molar-refractivity contribution in [2.24, 2.45) is 5.92 Å². The molecule has 1 aliphatic heterocycles. The summed E-state index contributed by atoms with van der Waals surface area (Å²) in [6.07, 6.45) is 1.53. The van der Waals surface area contributed by atoms with Gasteiger partial charge in [0.15, 0.2) is 6.23 Å². The van der Waals surface area contributed by atoms with E-state index in [1.54, 1.807) is 0 Å². The first-order chi connectivity index (χ1) is 19.5. The minimum atomic E-state index is -4.51. The number of nitrogen functional groups attached to an aromatic ring is 1. The summed E-state index contributed by atoms with van der Waals surface area (Å²) in [6.45, 7) is 5.05. The Morgan fingerprint density at radius 2 is 2.02 bits per heavy atom. The maximum Gasteiger partial charge on any atom is 0.417 e. The number of imidazole rings is 1. The largest absolute Gasteiger partial charge is 0.417 e. The molecule has 41 heavy (non-hydrogen) atoms. The molecule has 1 saturated carbocycles. The van der Waals surface area contributed by atoms with E-state index in [-0.39, 0.29) is 11.1 Å². The van der Waals surface area contributed by atoms with Gasteiger partial charge >= 0.3 is 6.18 Å². The number of anilines is 1. The second-order valence-electron chi connectivity index (χ2n) is 11.5. The quantitative estimate of drug-likeness (QED) is 0.253. The molecule has 3 atom stereocenters. The van der Waals surface area contributed by atoms with Gasteiger partial charge in [0.2, 0.25) is 0 Å². The molecule has 220 valence electrons. The lowest BCUT2D eigenvalue weighted by Crippen LogP contribution is -2.50. The van der Waals surface area contributed by atoms with Crippen molar-refractivity contribution >= 4 is 39.5 Å². The van der Waals surface area contributed by atoms with E-state index in [2.05, 4.69) is 38.7 Å². The zero-order chi connectivity index (χ0) is 29.1. The molecule has 13 heteroatoms. The van der Waals surface area contributed by atoms with Crippen LogP contribution in [0.4, 0.5) is 19.0 Å². The monoisotopic (exact) mass is 591 g/mol. The molecule has 1 aliphatic carbocycles. The molecule has 0 bridgehead atoms. The number of hydrogen-bond donors (Lipinski definition) is 3. The van der Waals surface area contributed by atoms with Crippen molar-refractivity contribution in [2.75, 3.05) is 12.3 Å². The maximum absolute atomic E-state index is 13.2. The molecule has 2 fully saturated rings. The molecule has 6 rings (SSSR count). The van der Waals surface area contributed by atoms with Crippen LogP contribution in [0.3, 0.4) is 0 Å². The lowest BCUT2D eigenvalue weighted by atomic mass is 9.76. The molecule has 9 nitrogen and oxygen atoms in total. The normalized spacial score (nSPS) is 25.1. The number of aromatic nitrogens is 5. The summed E-state index contributed by atoms with van der Waals surface area (Å²) >= 11 is 5.85. The molecule has 3 aromatic heterocycles. The predicted molar refractivity (Wildman–Crippen MR) is 149 cm³/mol. The third-order valence-corrected chi connectivity index (χ3v) is 8.76. The summed E-state index contributed by atoms with van der Waals surface area (Å²) in [4.78, 5) is 18.3. The fraction of sp³-hybridized carbons (Fsp3) is 0.536. The number of rotatable bonds is 8. The van der Waals surface area contributed by atoms with Crippen molar-refractivity contribution in [3.05, 3.63) is 47.1 Å². The zero-order valence-corrected chi connectivity index (χ0v) is 23.5. The van der Waals surface area contributed by atoms with Gasteiger partial charge in [-0.1, -0.05) is 11.6 Å². The van der Waals surface area contributed by atoms with Crippen LogP contribution in [0, 0.1) is 5.92 Å². The van der Waals surface area contributed by atoms with E-state index in [0.717, 1.165) is 30.7 Å². The first-order valence-corrected chi connectivity index (χ1v) is 14.3. The highest BCUT2D eigenvalue weighted by Crippen LogP contribution is 2.39. The van der Waals surface area contributed by atoms with Crippen LogP contribution in [0.2, 0.25) is 5.02 Å². The zero-order valence-electron chi connectivity index (χ0n) is 22.8. The summed E-state index contributed by atoms with van der Waals surface area (Å²) in [6, 6.07) is 4.85. The Labute approximate surface area is 239 Å². The van der Waals surface area contributed by atoms with E-state index in [4.69, 9.17) is 22.1 Å². The summed E-state index contributed by atoms with van der Waals surface area (Å²) in [7, 11) is 0. The third-order valence-electron chi connectivity index (χ3n) is 8.45. The van der Waals surface area contributed by atoms with Gasteiger partial charge in [0, 0.05) is 37.7 Å². The number of aromatic amines is 1. The minimum absolute atomic E-state index is 0.128. The number of aliphatic hydroxyl groups excluding tert-OH is 1. The number of nitrogens with one attached hydrogen (secondary N) is 1. The average molecular weight is 592 g/mol. The van der Waals surface area contributed by atoms with Crippen LogP contribution in [0.25, 0.3) is 22.1 Å². The van der Waals surface area contributed by atoms with Gasteiger partial charge in [0.1, 0.15) is 29.7 Å². The van der Waals surface area contributed by atoms with E-state index in [0.29, 0.717) is 65.7 Å². The Morgan fingerprint density at radius 1 is 1.24 bits per heavy atom. The van der Waals surface area contributed by atoms with Crippen LogP contribution in [0.5, 0.6) is 0 Å². The number of hydrogen-bond acceptors (Lipinski definition) is 7. The first kappa shape index (κ1) is 28.2. The van der Waals surface area contributed by atoms with Crippen LogP contribution in [0.15, 0.2) is 30.7 Å². The van der Waals surface area contributed by atoms with E-state index >= 15 is 0 Å². The molecule has 0 spiro atoms. The van der Waals surface area contributed by atoms with Crippen molar-refractivity contribution in [3.8, 4) is 0 Å². The number of H-pyrrole nitrogens is 1. The van der Waals surface area contributed by atoms with Gasteiger partial charge in [0.05, 0.1) is 33.1 Å². The molecule has 1 saturated heterocycles. The Morgan fingerprint density at radius 3 is 2.76 bits per heavy atom. The van der Waals surface area contributed by atoms with E-state index in [1.165, 1.54) is 12.4 Å². The second kappa shape index (κ2) is 10.7. The Kier molecular flexibility index (Phi) is 7.37. The van der Waals surface area contributed by atoms with Crippen LogP contribution in [-0.4, -0.2) is 65.3 Å². The summed E-state index contributed by atoms with van der Waals surface area (Å²) in [5.41, 5.74) is 6.53. The van der Waals surface area contributed by atoms with Crippen LogP contribution in [-0.2, 0) is 17.3 Å². The molecule has 4 aromatic rings. The van der Waals surface area contributed by atoms with Gasteiger partial charge in [-0.05, 0) is 57.2 Å². The SMILES string of the molecule is CC(C)N(C[C@@H]1C[C@@H](O)[C@H](n2ccc3c(N)ncnc32)O1)C1CC(CCc2nc3cc(Cl)c(C(F)(F)F)cc3[nH]2)C1. The molecule has 0 radical (unpaired) electrons. The molecule has 0 amide bonds. The maximum atomic E-state index is 13.2. The lowest BCUT2D eigenvalue weighted by molar-refractivity contribution is -0.137. The lowest BCUT2D eigenvalue weighted by Gasteiger charge is -2.46. The van der Waals surface area contributed by atoms with Crippen LogP contribution in [0.1, 0.15) is 57.1 Å². The second-order valence-corrected chi connectivity index (χ2v) is 11.9. The molecule has 2 aliphatic rings. The van der Waals surface area contributed by atoms with Gasteiger partial charge in [-0.2, -0.15) is 13.2 Å². The van der Waals surface area contributed by atoms with Gasteiger partial charge in [0.25, 0.3) is 0 Å². The number of halogens is 4. The van der Waals surface area contributed by atoms with Crippen molar-refractivity contribution in [3.63, 3.8) is 0 Å². The van der Waals surface area contributed by atoms with E-state index < -0.39 is 24.1 Å². The highest BCUT2D eigenvalue weighted by molar-refractivity contribution is 6.32. The molecule has 4 heterocycles. The Hall–Kier alpha value is -2.93. The first-order valence-electron chi connectivity index (χ1n) is 13.9. The topological polar surface area (TPSA) is 118 Å². The van der Waals surface area contributed by atoms with Crippen molar-refractivity contribution in [2.45, 2.75) is 82.6 Å². The predicted octanol–water partition coefficient (Wildman–Crippen LogP) is 5.33. The summed E-state index contributed by atoms with van der Waals surface area (Å²) < 4.78 is 47.8. The van der Waals surface area contributed by atoms with Gasteiger partial charge < -0.3 is 25.1 Å². The number of ether oxygens (including phenoxy) is 1. The van der Waals surface area contributed by atoms with Crippen LogP contribution < -0.4 is 5.73 Å². The molecule has 0 unspecified atom stereocenters. The number of aryl methyl sites for hydroxylation is 1. The summed E-state index contributed by atoms with van der Waals surface area (Å²) in [5, 5.41) is 11.2. The average Bonchev–Trinajstić information content (AvgIpc) is 3.57. The van der Waals surface area contributed by atoms with Crippen molar-refractivity contribution in [1.29, 1.82) is 0 Å². The molecule has 4 N–H and O–H groups in total. The Balaban J connectivity index is 1.04. The number of nitrogens with two attached hydrogens (primary N) is 1. The standard InChI is InChI=1S/C28H33ClF3N7O2/c1-14(2)39(12-17-9-23(40)27(41-17)38-6-5-18-25(33)34-13-35-26(18)38)16-7-15(8-16)3-4-24-36-21-10-19(28(30,31)32)20(29)11-22(21)37-24/h5-6,10-11,13-17,23,27,40H,3-4,7-9,12H2,1-2H3,(H,36,37)(H2,33,34,35)/t15?,16?,17-,23+,27+/m0/s1. The highest BCUT2D eigenvalue weighted by Gasteiger charge is 2.41. The van der Waals surface area contributed by atoms with E-state index in [1.807, 2.05) is 16.8 Å². The number of nitrogens with zero attached hydrogens (tertiary/aromatic N) is 5. The Bertz CT molecular complexity index is 1550. The summed E-state index contributed by atoms with van der Waals surface area (Å²) in [5.74, 6) is 1.56. The number of aliphatic hydroxyl groups is 1. The van der Waals surface area contributed by atoms with Gasteiger partial charge in [-0.15, -0.1) is 0 Å². The molecular weight excluding hydrogens is 559 g/mol. The fourth-order valence-electron chi connectivity index (χ4n) is 6.28. The fourth-order valence-corrected chi connectivity index (χ4v) is 6.54. The third kappa shape index (κ3) is 5.50. The number of alkyl halides is 3. The van der Waals surface area contributed by atoms with Crippen molar-refractivity contribution in [1.82, 2.24) is 29.4 Å². The minimum Gasteiger partial charge on any atom is -0.388 e. The molecule has 1 aromatic carbocycles. The van der Waals surface area contributed by atoms with Crippen molar-refractivity contribution < 1.29 is 23.0 Å². The highest BCUT2D eigenvalue weighted by atomic mass is 35.5. The number of benzene rings is 1. The molecular formula is C28H33ClF3N7O2. The van der Waals surface area contributed by atoms with Crippen LogP contribution >= 0.6 is 11.6 Å². The smallest absolute Gasteiger partial charge is 0.388 e. The van der Waals surface area contributed by atoms with Gasteiger partial charge in [-0.25, -0.2) is 15.0 Å². The van der Waals surface area contributed by atoms with E-state index in [9.17, 15) is 18.3 Å². The number of fused-ring (bicyclic) bond motifs is 2.